The molecule has 2 rings (SSSR count). The van der Waals surface area contributed by atoms with Crippen molar-refractivity contribution in [2.45, 2.75) is 46.0 Å². The van der Waals surface area contributed by atoms with Crippen molar-refractivity contribution in [2.75, 3.05) is 6.54 Å². The van der Waals surface area contributed by atoms with Gasteiger partial charge in [0.2, 0.25) is 0 Å². The molecule has 68 valence electrons. The second kappa shape index (κ2) is 2.79. The molecule has 1 aliphatic carbocycles. The van der Waals surface area contributed by atoms with Crippen LogP contribution in [-0.4, -0.2) is 6.54 Å². The van der Waals surface area contributed by atoms with Gasteiger partial charge < -0.3 is 5.32 Å². The molecule has 0 fully saturated rings. The van der Waals surface area contributed by atoms with Gasteiger partial charge in [0.15, 0.2) is 0 Å². The monoisotopic (exact) mass is 165 g/mol. The van der Waals surface area contributed by atoms with Crippen molar-refractivity contribution in [2.24, 2.45) is 5.41 Å². The maximum absolute atomic E-state index is 3.54. The molecule has 0 amide bonds. The Morgan fingerprint density at radius 3 is 2.92 bits per heavy atom. The molecule has 0 aromatic heterocycles. The molecule has 0 atom stereocenters. The van der Waals surface area contributed by atoms with Crippen molar-refractivity contribution in [1.29, 1.82) is 0 Å². The summed E-state index contributed by atoms with van der Waals surface area (Å²) in [5, 5.41) is 3.54. The first kappa shape index (κ1) is 8.15. The van der Waals surface area contributed by atoms with E-state index in [2.05, 4.69) is 19.2 Å². The summed E-state index contributed by atoms with van der Waals surface area (Å²) in [5.41, 5.74) is 3.87. The van der Waals surface area contributed by atoms with E-state index in [9.17, 15) is 0 Å². The van der Waals surface area contributed by atoms with E-state index < -0.39 is 0 Å². The van der Waals surface area contributed by atoms with Gasteiger partial charge in [0, 0.05) is 12.2 Å². The lowest BCUT2D eigenvalue weighted by Gasteiger charge is -2.36. The number of rotatable bonds is 0. The maximum atomic E-state index is 3.54. The van der Waals surface area contributed by atoms with Crippen molar-refractivity contribution < 1.29 is 0 Å². The highest BCUT2D eigenvalue weighted by atomic mass is 14.9. The van der Waals surface area contributed by atoms with Gasteiger partial charge in [0.05, 0.1) is 0 Å². The maximum Gasteiger partial charge on any atom is 0.0147 e. The van der Waals surface area contributed by atoms with Crippen LogP contribution >= 0.6 is 0 Å². The topological polar surface area (TPSA) is 12.0 Å². The van der Waals surface area contributed by atoms with E-state index in [4.69, 9.17) is 0 Å². The lowest BCUT2D eigenvalue weighted by Crippen LogP contribution is -2.29. The summed E-state index contributed by atoms with van der Waals surface area (Å²) in [6.45, 7) is 6.00. The molecule has 2 aliphatic rings. The van der Waals surface area contributed by atoms with Crippen LogP contribution in [0.1, 0.15) is 46.0 Å². The molecule has 0 saturated heterocycles. The molecule has 0 aromatic rings. The van der Waals surface area contributed by atoms with E-state index >= 15 is 0 Å². The first-order chi connectivity index (χ1) is 5.67. The summed E-state index contributed by atoms with van der Waals surface area (Å²) in [7, 11) is 0. The molecule has 12 heavy (non-hydrogen) atoms. The van der Waals surface area contributed by atoms with Crippen LogP contribution in [0.4, 0.5) is 0 Å². The van der Waals surface area contributed by atoms with Crippen LogP contribution in [0.25, 0.3) is 0 Å². The van der Waals surface area contributed by atoms with Crippen LogP contribution in [0.2, 0.25) is 0 Å². The van der Waals surface area contributed by atoms with Crippen LogP contribution in [0.3, 0.4) is 0 Å². The molecule has 1 heterocycles. The minimum atomic E-state index is 0.567. The SMILES string of the molecule is CC1(C)CCC2=C(CCCN2)C1. The minimum absolute atomic E-state index is 0.567. The minimum Gasteiger partial charge on any atom is -0.388 e. The van der Waals surface area contributed by atoms with Crippen LogP contribution in [0.15, 0.2) is 11.3 Å². The molecule has 0 spiro atoms. The summed E-state index contributed by atoms with van der Waals surface area (Å²) < 4.78 is 0. The van der Waals surface area contributed by atoms with E-state index in [1.165, 1.54) is 38.6 Å². The van der Waals surface area contributed by atoms with Crippen LogP contribution in [0.5, 0.6) is 0 Å². The Bertz CT molecular complexity index is 213. The largest absolute Gasteiger partial charge is 0.388 e. The quantitative estimate of drug-likeness (QED) is 0.582. The van der Waals surface area contributed by atoms with Gasteiger partial charge in [-0.05, 0) is 37.5 Å². The zero-order valence-electron chi connectivity index (χ0n) is 8.24. The van der Waals surface area contributed by atoms with Crippen molar-refractivity contribution in [3.05, 3.63) is 11.3 Å². The van der Waals surface area contributed by atoms with Gasteiger partial charge in [-0.2, -0.15) is 0 Å². The first-order valence-electron chi connectivity index (χ1n) is 5.12. The second-order valence-corrected chi connectivity index (χ2v) is 4.95. The van der Waals surface area contributed by atoms with Gasteiger partial charge in [-0.15, -0.1) is 0 Å². The first-order valence-corrected chi connectivity index (χ1v) is 5.12. The van der Waals surface area contributed by atoms with E-state index in [1.54, 1.807) is 11.3 Å². The van der Waals surface area contributed by atoms with Crippen LogP contribution < -0.4 is 5.32 Å². The molecule has 1 heteroatoms. The van der Waals surface area contributed by atoms with E-state index in [0.717, 1.165) is 0 Å². The average Bonchev–Trinajstić information content (AvgIpc) is 2.02. The molecule has 0 bridgehead atoms. The molecular weight excluding hydrogens is 146 g/mol. The number of hydrogen-bond acceptors (Lipinski definition) is 1. The fourth-order valence-electron chi connectivity index (χ4n) is 2.41. The lowest BCUT2D eigenvalue weighted by atomic mass is 9.74. The zero-order valence-corrected chi connectivity index (χ0v) is 8.24. The summed E-state index contributed by atoms with van der Waals surface area (Å²) >= 11 is 0. The fraction of sp³-hybridized carbons (Fsp3) is 0.818. The van der Waals surface area contributed by atoms with Gasteiger partial charge in [0.25, 0.3) is 0 Å². The Hall–Kier alpha value is -0.460. The summed E-state index contributed by atoms with van der Waals surface area (Å²) in [6, 6.07) is 0. The molecule has 1 N–H and O–H groups in total. The Morgan fingerprint density at radius 1 is 1.25 bits per heavy atom. The third-order valence-corrected chi connectivity index (χ3v) is 3.16. The number of hydrogen-bond donors (Lipinski definition) is 1. The molecule has 1 nitrogen and oxygen atoms in total. The van der Waals surface area contributed by atoms with Crippen LogP contribution in [0, 0.1) is 5.41 Å². The Labute approximate surface area is 75.2 Å². The number of nitrogens with one attached hydrogen (secondary N) is 1. The molecule has 1 aliphatic heterocycles. The van der Waals surface area contributed by atoms with Crippen LogP contribution in [-0.2, 0) is 0 Å². The normalized spacial score (nSPS) is 27.8. The standard InChI is InChI=1S/C11H19N/c1-11(2)6-5-10-9(8-11)4-3-7-12-10/h12H,3-8H2,1-2H3. The van der Waals surface area contributed by atoms with Gasteiger partial charge in [0.1, 0.15) is 0 Å². The van der Waals surface area contributed by atoms with Gasteiger partial charge in [-0.1, -0.05) is 19.4 Å². The molecular formula is C11H19N. The third kappa shape index (κ3) is 1.50. The molecule has 0 unspecified atom stereocenters. The Morgan fingerprint density at radius 2 is 2.08 bits per heavy atom. The average molecular weight is 165 g/mol. The highest BCUT2D eigenvalue weighted by Gasteiger charge is 2.27. The summed E-state index contributed by atoms with van der Waals surface area (Å²) in [4.78, 5) is 0. The summed E-state index contributed by atoms with van der Waals surface area (Å²) in [6.07, 6.45) is 6.68. The fourth-order valence-corrected chi connectivity index (χ4v) is 2.41. The van der Waals surface area contributed by atoms with Crippen molar-refractivity contribution in [1.82, 2.24) is 5.32 Å². The number of allylic oxidation sites excluding steroid dienone is 2. The lowest BCUT2D eigenvalue weighted by molar-refractivity contribution is 0.296. The Kier molecular flexibility index (Phi) is 1.90. The molecule has 0 saturated carbocycles. The van der Waals surface area contributed by atoms with Gasteiger partial charge in [-0.3, -0.25) is 0 Å². The van der Waals surface area contributed by atoms with E-state index in [-0.39, 0.29) is 0 Å². The second-order valence-electron chi connectivity index (χ2n) is 4.95. The Balaban J connectivity index is 2.16. The summed E-state index contributed by atoms with van der Waals surface area (Å²) in [5.74, 6) is 0. The van der Waals surface area contributed by atoms with E-state index in [1.807, 2.05) is 0 Å². The van der Waals surface area contributed by atoms with Crippen molar-refractivity contribution in [3.8, 4) is 0 Å². The molecule has 0 radical (unpaired) electrons. The smallest absolute Gasteiger partial charge is 0.0147 e. The third-order valence-electron chi connectivity index (χ3n) is 3.16. The van der Waals surface area contributed by atoms with Gasteiger partial charge in [-0.25, -0.2) is 0 Å². The zero-order chi connectivity index (χ0) is 8.60. The highest BCUT2D eigenvalue weighted by molar-refractivity contribution is 5.20. The van der Waals surface area contributed by atoms with Crippen molar-refractivity contribution in [3.63, 3.8) is 0 Å². The van der Waals surface area contributed by atoms with Crippen molar-refractivity contribution >= 4 is 0 Å². The highest BCUT2D eigenvalue weighted by Crippen LogP contribution is 2.40. The molecule has 0 aromatic carbocycles. The van der Waals surface area contributed by atoms with E-state index in [0.29, 0.717) is 5.41 Å². The predicted octanol–water partition coefficient (Wildman–Crippen LogP) is 2.83. The van der Waals surface area contributed by atoms with Gasteiger partial charge >= 0.3 is 0 Å². The predicted molar refractivity (Wildman–Crippen MR) is 51.9 cm³/mol.